The Morgan fingerprint density at radius 2 is 1.97 bits per heavy atom. The minimum absolute atomic E-state index is 0.00481. The molecule has 0 spiro atoms. The Balaban J connectivity index is 1.36. The third-order valence-electron chi connectivity index (χ3n) is 7.19. The summed E-state index contributed by atoms with van der Waals surface area (Å²) >= 11 is 0. The summed E-state index contributed by atoms with van der Waals surface area (Å²) in [6.07, 6.45) is 5.35. The number of fused-ring (bicyclic) bond motifs is 1. The molecule has 1 amide bonds. The highest BCUT2D eigenvalue weighted by Gasteiger charge is 2.39. The molecular weight excluding hydrogens is 440 g/mol. The van der Waals surface area contributed by atoms with Crippen molar-refractivity contribution in [1.82, 2.24) is 9.88 Å². The monoisotopic (exact) mass is 476 g/mol. The lowest BCUT2D eigenvalue weighted by Gasteiger charge is -2.43. The van der Waals surface area contributed by atoms with Gasteiger partial charge in [-0.1, -0.05) is 30.3 Å². The van der Waals surface area contributed by atoms with Crippen LogP contribution in [-0.4, -0.2) is 46.9 Å². The minimum Gasteiger partial charge on any atom is -0.497 e. The molecule has 186 valence electrons. The Morgan fingerprint density at radius 1 is 1.17 bits per heavy atom. The van der Waals surface area contributed by atoms with Crippen molar-refractivity contribution >= 4 is 17.0 Å². The molecule has 4 rings (SSSR count). The van der Waals surface area contributed by atoms with E-state index in [1.54, 1.807) is 12.0 Å². The van der Waals surface area contributed by atoms with Crippen LogP contribution in [0, 0.1) is 11.8 Å². The molecular formula is C29H36N2O4. The number of aryl methyl sites for hydroxylation is 1. The van der Waals surface area contributed by atoms with Crippen molar-refractivity contribution in [2.75, 3.05) is 20.2 Å². The smallest absolute Gasteiger partial charge is 0.410 e. The van der Waals surface area contributed by atoms with E-state index in [0.29, 0.717) is 19.0 Å². The molecule has 0 saturated carbocycles. The van der Waals surface area contributed by atoms with Gasteiger partial charge in [0.25, 0.3) is 0 Å². The maximum atomic E-state index is 12.7. The SMILES string of the molecule is COc1ccc2nccc(CCCC3CCN(C(=O)OCc4ccccc4)CC3C(C)(C)O)c2c1. The summed E-state index contributed by atoms with van der Waals surface area (Å²) in [5.74, 6) is 1.17. The van der Waals surface area contributed by atoms with Gasteiger partial charge in [-0.15, -0.1) is 0 Å². The predicted molar refractivity (Wildman–Crippen MR) is 137 cm³/mol. The normalized spacial score (nSPS) is 18.5. The quantitative estimate of drug-likeness (QED) is 0.457. The molecule has 35 heavy (non-hydrogen) atoms. The van der Waals surface area contributed by atoms with Crippen molar-refractivity contribution in [2.24, 2.45) is 11.8 Å². The molecule has 0 radical (unpaired) electrons. The number of aromatic nitrogens is 1. The molecule has 1 saturated heterocycles. The molecule has 2 aromatic carbocycles. The highest BCUT2D eigenvalue weighted by Crippen LogP contribution is 2.36. The fourth-order valence-electron chi connectivity index (χ4n) is 5.20. The first-order valence-corrected chi connectivity index (χ1v) is 12.4. The number of pyridine rings is 1. The van der Waals surface area contributed by atoms with E-state index in [-0.39, 0.29) is 18.6 Å². The van der Waals surface area contributed by atoms with Gasteiger partial charge in [0.05, 0.1) is 18.2 Å². The van der Waals surface area contributed by atoms with Gasteiger partial charge >= 0.3 is 6.09 Å². The lowest BCUT2D eigenvalue weighted by Crippen LogP contribution is -2.51. The molecule has 2 atom stereocenters. The van der Waals surface area contributed by atoms with Crippen LogP contribution in [0.4, 0.5) is 4.79 Å². The number of carbonyl (C=O) groups excluding carboxylic acids is 1. The van der Waals surface area contributed by atoms with E-state index >= 15 is 0 Å². The van der Waals surface area contributed by atoms with Crippen molar-refractivity contribution in [3.63, 3.8) is 0 Å². The van der Waals surface area contributed by atoms with E-state index in [2.05, 4.69) is 17.1 Å². The van der Waals surface area contributed by atoms with Gasteiger partial charge in [-0.05, 0) is 80.8 Å². The van der Waals surface area contributed by atoms with E-state index in [4.69, 9.17) is 9.47 Å². The van der Waals surface area contributed by atoms with Gasteiger partial charge in [-0.25, -0.2) is 4.79 Å². The van der Waals surface area contributed by atoms with Crippen LogP contribution in [0.1, 0.15) is 44.2 Å². The summed E-state index contributed by atoms with van der Waals surface area (Å²) in [5.41, 5.74) is 2.33. The van der Waals surface area contributed by atoms with Gasteiger partial charge in [0.1, 0.15) is 12.4 Å². The molecule has 1 aliphatic heterocycles. The summed E-state index contributed by atoms with van der Waals surface area (Å²) in [6, 6.07) is 17.8. The van der Waals surface area contributed by atoms with Crippen molar-refractivity contribution < 1.29 is 19.4 Å². The average Bonchev–Trinajstić information content (AvgIpc) is 2.87. The van der Waals surface area contributed by atoms with E-state index in [0.717, 1.165) is 47.9 Å². The summed E-state index contributed by atoms with van der Waals surface area (Å²) in [7, 11) is 1.68. The van der Waals surface area contributed by atoms with Crippen LogP contribution in [0.5, 0.6) is 5.75 Å². The molecule has 2 heterocycles. The predicted octanol–water partition coefficient (Wildman–Crippen LogP) is 5.61. The lowest BCUT2D eigenvalue weighted by atomic mass is 9.73. The maximum absolute atomic E-state index is 12.7. The van der Waals surface area contributed by atoms with Gasteiger partial charge in [-0.2, -0.15) is 0 Å². The standard InChI is InChI=1S/C29H36N2O4/c1-29(2,33)26-19-31(28(32)35-20-21-8-5-4-6-9-21)17-15-23(26)11-7-10-22-14-16-30-27-13-12-24(34-3)18-25(22)27/h4-6,8-9,12-14,16,18,23,26,33H,7,10-11,15,17,19-20H2,1-3H3. The molecule has 1 aliphatic rings. The number of nitrogens with zero attached hydrogens (tertiary/aromatic N) is 2. The summed E-state index contributed by atoms with van der Waals surface area (Å²) < 4.78 is 11.0. The zero-order valence-electron chi connectivity index (χ0n) is 20.9. The van der Waals surface area contributed by atoms with E-state index in [1.807, 2.05) is 62.5 Å². The highest BCUT2D eigenvalue weighted by atomic mass is 16.6. The van der Waals surface area contributed by atoms with E-state index < -0.39 is 5.60 Å². The zero-order valence-corrected chi connectivity index (χ0v) is 20.9. The van der Waals surface area contributed by atoms with E-state index in [1.165, 1.54) is 5.56 Å². The number of aliphatic hydroxyl groups is 1. The first-order chi connectivity index (χ1) is 16.8. The maximum Gasteiger partial charge on any atom is 0.410 e. The molecule has 3 aromatic rings. The molecule has 1 N–H and O–H groups in total. The number of rotatable bonds is 8. The van der Waals surface area contributed by atoms with Gasteiger partial charge in [0.2, 0.25) is 0 Å². The summed E-state index contributed by atoms with van der Waals surface area (Å²) in [4.78, 5) is 19.0. The number of carbonyl (C=O) groups is 1. The van der Waals surface area contributed by atoms with Gasteiger partial charge in [-0.3, -0.25) is 4.98 Å². The fraction of sp³-hybridized carbons (Fsp3) is 0.448. The molecule has 0 bridgehead atoms. The lowest BCUT2D eigenvalue weighted by molar-refractivity contribution is -0.0483. The Bertz CT molecular complexity index is 1130. The first kappa shape index (κ1) is 25.0. The van der Waals surface area contributed by atoms with Gasteiger partial charge < -0.3 is 19.5 Å². The number of likely N-dealkylation sites (tertiary alicyclic amines) is 1. The zero-order chi connectivity index (χ0) is 24.8. The molecule has 2 unspecified atom stereocenters. The van der Waals surface area contributed by atoms with Crippen molar-refractivity contribution in [2.45, 2.75) is 51.7 Å². The van der Waals surface area contributed by atoms with Crippen LogP contribution < -0.4 is 4.74 Å². The summed E-state index contributed by atoms with van der Waals surface area (Å²) in [5, 5.41) is 12.1. The Morgan fingerprint density at radius 3 is 2.71 bits per heavy atom. The second-order valence-corrected chi connectivity index (χ2v) is 10.0. The van der Waals surface area contributed by atoms with Gasteiger partial charge in [0, 0.05) is 30.6 Å². The van der Waals surface area contributed by atoms with Crippen LogP contribution >= 0.6 is 0 Å². The molecule has 6 heteroatoms. The second kappa shape index (κ2) is 11.1. The number of benzene rings is 2. The number of ether oxygens (including phenoxy) is 2. The second-order valence-electron chi connectivity index (χ2n) is 10.0. The minimum atomic E-state index is -0.875. The van der Waals surface area contributed by atoms with Crippen molar-refractivity contribution in [3.05, 3.63) is 71.9 Å². The number of hydrogen-bond donors (Lipinski definition) is 1. The molecule has 0 aliphatic carbocycles. The Labute approximate surface area is 207 Å². The highest BCUT2D eigenvalue weighted by molar-refractivity contribution is 5.83. The van der Waals surface area contributed by atoms with Crippen LogP contribution in [0.25, 0.3) is 10.9 Å². The number of amides is 1. The first-order valence-electron chi connectivity index (χ1n) is 12.4. The van der Waals surface area contributed by atoms with Crippen molar-refractivity contribution in [1.29, 1.82) is 0 Å². The van der Waals surface area contributed by atoms with Crippen LogP contribution in [-0.2, 0) is 17.8 Å². The summed E-state index contributed by atoms with van der Waals surface area (Å²) in [6.45, 7) is 5.13. The number of methoxy groups -OCH3 is 1. The topological polar surface area (TPSA) is 71.9 Å². The van der Waals surface area contributed by atoms with Crippen LogP contribution in [0.15, 0.2) is 60.8 Å². The fourth-order valence-corrected chi connectivity index (χ4v) is 5.20. The van der Waals surface area contributed by atoms with E-state index in [9.17, 15) is 9.90 Å². The third kappa shape index (κ3) is 6.31. The van der Waals surface area contributed by atoms with Crippen molar-refractivity contribution in [3.8, 4) is 5.75 Å². The Hall–Kier alpha value is -3.12. The molecule has 1 aromatic heterocycles. The van der Waals surface area contributed by atoms with Crippen LogP contribution in [0.3, 0.4) is 0 Å². The largest absolute Gasteiger partial charge is 0.497 e. The number of hydrogen-bond acceptors (Lipinski definition) is 5. The third-order valence-corrected chi connectivity index (χ3v) is 7.19. The molecule has 1 fully saturated rings. The Kier molecular flexibility index (Phi) is 7.91. The molecule has 6 nitrogen and oxygen atoms in total. The van der Waals surface area contributed by atoms with Crippen LogP contribution in [0.2, 0.25) is 0 Å². The van der Waals surface area contributed by atoms with Gasteiger partial charge in [0.15, 0.2) is 0 Å². The number of piperidine rings is 1. The average molecular weight is 477 g/mol.